The molecule has 2 N–H and O–H groups in total. The van der Waals surface area contributed by atoms with Gasteiger partial charge in [0.25, 0.3) is 0 Å². The van der Waals surface area contributed by atoms with E-state index in [0.717, 1.165) is 11.9 Å². The second kappa shape index (κ2) is 5.05. The van der Waals surface area contributed by atoms with Crippen molar-refractivity contribution < 1.29 is 18.3 Å². The van der Waals surface area contributed by atoms with Crippen molar-refractivity contribution in [3.05, 3.63) is 36.4 Å². The molecule has 6 heteroatoms. The Morgan fingerprint density at radius 2 is 1.89 bits per heavy atom. The molecule has 0 saturated heterocycles. The Labute approximate surface area is 111 Å². The molecule has 1 aromatic rings. The lowest BCUT2D eigenvalue weighted by atomic mass is 10.1. The monoisotopic (exact) mass is 281 g/mol. The van der Waals surface area contributed by atoms with E-state index >= 15 is 0 Å². The van der Waals surface area contributed by atoms with Gasteiger partial charge in [0.05, 0.1) is 10.8 Å². The molecular formula is C13H15NO4S. The summed E-state index contributed by atoms with van der Waals surface area (Å²) in [7, 11) is -3.19. The predicted molar refractivity (Wildman–Crippen MR) is 71.8 cm³/mol. The standard InChI is InChI=1S/C13H15NO4S/c1-19(17,18)12-6-4-10(5-7-12)14-11-3-2-9(8-11)13(15)16/h2-7,9,11,14H,8H2,1H3,(H,15,16). The van der Waals surface area contributed by atoms with E-state index in [0.29, 0.717) is 6.42 Å². The molecule has 1 aliphatic carbocycles. The van der Waals surface area contributed by atoms with Crippen molar-refractivity contribution in [3.63, 3.8) is 0 Å². The molecule has 2 unspecified atom stereocenters. The SMILES string of the molecule is CS(=O)(=O)c1ccc(NC2C=CC(C(=O)O)C2)cc1. The van der Waals surface area contributed by atoms with Crippen LogP contribution in [0.15, 0.2) is 41.3 Å². The maximum absolute atomic E-state index is 11.3. The van der Waals surface area contributed by atoms with Gasteiger partial charge in [-0.2, -0.15) is 0 Å². The third kappa shape index (κ3) is 3.35. The summed E-state index contributed by atoms with van der Waals surface area (Å²) in [4.78, 5) is 11.1. The molecule has 19 heavy (non-hydrogen) atoms. The molecule has 5 nitrogen and oxygen atoms in total. The maximum atomic E-state index is 11.3. The molecule has 0 bridgehead atoms. The van der Waals surface area contributed by atoms with E-state index in [2.05, 4.69) is 5.32 Å². The van der Waals surface area contributed by atoms with Crippen LogP contribution in [-0.4, -0.2) is 31.8 Å². The van der Waals surface area contributed by atoms with Crippen molar-refractivity contribution in [1.82, 2.24) is 0 Å². The molecule has 1 aromatic carbocycles. The number of rotatable bonds is 4. The van der Waals surface area contributed by atoms with Gasteiger partial charge in [0.2, 0.25) is 0 Å². The Morgan fingerprint density at radius 3 is 2.37 bits per heavy atom. The third-order valence-electron chi connectivity index (χ3n) is 3.04. The first-order chi connectivity index (χ1) is 8.86. The van der Waals surface area contributed by atoms with Gasteiger partial charge in [-0.25, -0.2) is 8.42 Å². The van der Waals surface area contributed by atoms with E-state index in [1.165, 1.54) is 12.1 Å². The quantitative estimate of drug-likeness (QED) is 0.818. The summed E-state index contributed by atoms with van der Waals surface area (Å²) in [5, 5.41) is 12.0. The first kappa shape index (κ1) is 13.6. The first-order valence-corrected chi connectivity index (χ1v) is 7.73. The van der Waals surface area contributed by atoms with Gasteiger partial charge < -0.3 is 10.4 Å². The zero-order valence-corrected chi connectivity index (χ0v) is 11.2. The second-order valence-electron chi connectivity index (χ2n) is 4.61. The van der Waals surface area contributed by atoms with Gasteiger partial charge in [-0.3, -0.25) is 4.79 Å². The smallest absolute Gasteiger partial charge is 0.310 e. The highest BCUT2D eigenvalue weighted by Gasteiger charge is 2.24. The summed E-state index contributed by atoms with van der Waals surface area (Å²) in [6.07, 6.45) is 5.16. The number of carboxylic acid groups (broad SMARTS) is 1. The second-order valence-corrected chi connectivity index (χ2v) is 6.63. The topological polar surface area (TPSA) is 83.5 Å². The first-order valence-electron chi connectivity index (χ1n) is 5.84. The predicted octanol–water partition coefficient (Wildman–Crippen LogP) is 1.53. The van der Waals surface area contributed by atoms with Crippen molar-refractivity contribution >= 4 is 21.5 Å². The minimum atomic E-state index is -3.19. The van der Waals surface area contributed by atoms with E-state index < -0.39 is 21.7 Å². The van der Waals surface area contributed by atoms with Crippen molar-refractivity contribution in [2.75, 3.05) is 11.6 Å². The van der Waals surface area contributed by atoms with Crippen LogP contribution in [0, 0.1) is 5.92 Å². The normalized spacial score (nSPS) is 22.4. The fourth-order valence-corrected chi connectivity index (χ4v) is 2.63. The number of carboxylic acids is 1. The van der Waals surface area contributed by atoms with Crippen LogP contribution in [0.5, 0.6) is 0 Å². The zero-order chi connectivity index (χ0) is 14.0. The third-order valence-corrected chi connectivity index (χ3v) is 4.16. The molecule has 2 atom stereocenters. The Balaban J connectivity index is 2.02. The van der Waals surface area contributed by atoms with E-state index in [4.69, 9.17) is 5.11 Å². The van der Waals surface area contributed by atoms with Gasteiger partial charge in [0.15, 0.2) is 9.84 Å². The van der Waals surface area contributed by atoms with Gasteiger partial charge in [-0.1, -0.05) is 12.2 Å². The molecule has 2 rings (SSSR count). The average Bonchev–Trinajstić information content (AvgIpc) is 2.77. The summed E-state index contributed by atoms with van der Waals surface area (Å²) in [6, 6.07) is 6.39. The summed E-state index contributed by atoms with van der Waals surface area (Å²) < 4.78 is 22.6. The number of carbonyl (C=O) groups is 1. The average molecular weight is 281 g/mol. The van der Waals surface area contributed by atoms with Crippen LogP contribution < -0.4 is 5.32 Å². The number of anilines is 1. The van der Waals surface area contributed by atoms with Gasteiger partial charge >= 0.3 is 5.97 Å². The molecule has 0 radical (unpaired) electrons. The highest BCUT2D eigenvalue weighted by Crippen LogP contribution is 2.22. The molecule has 0 aliphatic heterocycles. The van der Waals surface area contributed by atoms with Gasteiger partial charge in [-0.15, -0.1) is 0 Å². The molecule has 0 fully saturated rings. The molecule has 0 spiro atoms. The molecule has 0 amide bonds. The van der Waals surface area contributed by atoms with E-state index in [-0.39, 0.29) is 10.9 Å². The molecular weight excluding hydrogens is 266 g/mol. The van der Waals surface area contributed by atoms with Crippen LogP contribution in [0.3, 0.4) is 0 Å². The fraction of sp³-hybridized carbons (Fsp3) is 0.308. The van der Waals surface area contributed by atoms with E-state index in [1.54, 1.807) is 18.2 Å². The summed E-state index contributed by atoms with van der Waals surface area (Å²) in [5.41, 5.74) is 0.771. The Morgan fingerprint density at radius 1 is 1.26 bits per heavy atom. The molecule has 0 saturated carbocycles. The molecule has 102 valence electrons. The molecule has 0 aromatic heterocycles. The Kier molecular flexibility index (Phi) is 3.61. The van der Waals surface area contributed by atoms with Gasteiger partial charge in [0.1, 0.15) is 0 Å². The van der Waals surface area contributed by atoms with E-state index in [1.807, 2.05) is 6.08 Å². The largest absolute Gasteiger partial charge is 0.481 e. The Bertz CT molecular complexity index is 604. The van der Waals surface area contributed by atoms with Crippen molar-refractivity contribution in [3.8, 4) is 0 Å². The lowest BCUT2D eigenvalue weighted by molar-refractivity contribution is -0.140. The van der Waals surface area contributed by atoms with Crippen molar-refractivity contribution in [2.24, 2.45) is 5.92 Å². The van der Waals surface area contributed by atoms with Crippen molar-refractivity contribution in [1.29, 1.82) is 0 Å². The van der Waals surface area contributed by atoms with Crippen molar-refractivity contribution in [2.45, 2.75) is 17.4 Å². The van der Waals surface area contributed by atoms with Crippen LogP contribution in [-0.2, 0) is 14.6 Å². The Hall–Kier alpha value is -1.82. The zero-order valence-electron chi connectivity index (χ0n) is 10.4. The van der Waals surface area contributed by atoms with Crippen LogP contribution >= 0.6 is 0 Å². The van der Waals surface area contributed by atoms with Crippen LogP contribution in [0.1, 0.15) is 6.42 Å². The van der Waals surface area contributed by atoms with Gasteiger partial charge in [0, 0.05) is 18.0 Å². The fourth-order valence-electron chi connectivity index (χ4n) is 2.00. The number of aliphatic carboxylic acids is 1. The number of hydrogen-bond donors (Lipinski definition) is 2. The van der Waals surface area contributed by atoms with Crippen LogP contribution in [0.2, 0.25) is 0 Å². The minimum absolute atomic E-state index is 0.0369. The number of nitrogens with one attached hydrogen (secondary N) is 1. The van der Waals surface area contributed by atoms with Crippen LogP contribution in [0.4, 0.5) is 5.69 Å². The number of benzene rings is 1. The summed E-state index contributed by atoms with van der Waals surface area (Å²) in [6.45, 7) is 0. The number of sulfone groups is 1. The maximum Gasteiger partial charge on any atom is 0.310 e. The van der Waals surface area contributed by atoms with E-state index in [9.17, 15) is 13.2 Å². The summed E-state index contributed by atoms with van der Waals surface area (Å²) >= 11 is 0. The highest BCUT2D eigenvalue weighted by atomic mass is 32.2. The highest BCUT2D eigenvalue weighted by molar-refractivity contribution is 7.90. The summed E-state index contributed by atoms with van der Waals surface area (Å²) in [5.74, 6) is -1.28. The lowest BCUT2D eigenvalue weighted by Gasteiger charge is -2.13. The molecule has 0 heterocycles. The molecule has 1 aliphatic rings. The number of hydrogen-bond acceptors (Lipinski definition) is 4. The minimum Gasteiger partial charge on any atom is -0.481 e. The van der Waals surface area contributed by atoms with Gasteiger partial charge in [-0.05, 0) is 30.7 Å². The lowest BCUT2D eigenvalue weighted by Crippen LogP contribution is -2.18. The van der Waals surface area contributed by atoms with Crippen LogP contribution in [0.25, 0.3) is 0 Å².